The summed E-state index contributed by atoms with van der Waals surface area (Å²) in [7, 11) is 0. The molecule has 1 rings (SSSR count). The number of nitrogens with zero attached hydrogens (tertiary/aromatic N) is 3. The maximum atomic E-state index is 5.48. The summed E-state index contributed by atoms with van der Waals surface area (Å²) in [4.78, 5) is 2.16. The first kappa shape index (κ1) is 9.41. The standard InChI is InChI=1S/C7H14N4S/c1-2-4-11(5-3-8)7-10-9-6-12-7/h6H,2-5,8H2,1H3. The van der Waals surface area contributed by atoms with Gasteiger partial charge in [0.15, 0.2) is 0 Å². The van der Waals surface area contributed by atoms with E-state index in [4.69, 9.17) is 5.73 Å². The summed E-state index contributed by atoms with van der Waals surface area (Å²) in [6, 6.07) is 0. The van der Waals surface area contributed by atoms with Gasteiger partial charge in [-0.25, -0.2) is 0 Å². The summed E-state index contributed by atoms with van der Waals surface area (Å²) in [6.45, 7) is 4.68. The summed E-state index contributed by atoms with van der Waals surface area (Å²) in [6.07, 6.45) is 1.11. The Labute approximate surface area is 76.4 Å². The molecule has 5 heteroatoms. The number of nitrogens with two attached hydrogens (primary N) is 1. The molecule has 0 amide bonds. The van der Waals surface area contributed by atoms with Gasteiger partial charge in [0.2, 0.25) is 5.13 Å². The van der Waals surface area contributed by atoms with E-state index in [2.05, 4.69) is 22.0 Å². The minimum Gasteiger partial charge on any atom is -0.345 e. The van der Waals surface area contributed by atoms with Crippen LogP contribution in [0.2, 0.25) is 0 Å². The molecule has 4 nitrogen and oxygen atoms in total. The Bertz CT molecular complexity index is 193. The fourth-order valence-electron chi connectivity index (χ4n) is 1.03. The summed E-state index contributed by atoms with van der Waals surface area (Å²) in [5, 5.41) is 8.76. The normalized spacial score (nSPS) is 10.2. The fraction of sp³-hybridized carbons (Fsp3) is 0.714. The van der Waals surface area contributed by atoms with Gasteiger partial charge in [0.25, 0.3) is 0 Å². The zero-order valence-corrected chi connectivity index (χ0v) is 8.05. The van der Waals surface area contributed by atoms with Crippen molar-refractivity contribution in [3.8, 4) is 0 Å². The Morgan fingerprint density at radius 1 is 1.58 bits per heavy atom. The highest BCUT2D eigenvalue weighted by molar-refractivity contribution is 7.13. The number of rotatable bonds is 5. The topological polar surface area (TPSA) is 55.0 Å². The van der Waals surface area contributed by atoms with E-state index in [1.807, 2.05) is 0 Å². The molecule has 0 saturated carbocycles. The molecular formula is C7H14N4S. The van der Waals surface area contributed by atoms with E-state index in [0.29, 0.717) is 6.54 Å². The Morgan fingerprint density at radius 2 is 2.42 bits per heavy atom. The van der Waals surface area contributed by atoms with Crippen LogP contribution in [0.5, 0.6) is 0 Å². The second-order valence-corrected chi connectivity index (χ2v) is 3.31. The molecule has 1 aromatic rings. The van der Waals surface area contributed by atoms with Crippen LogP contribution in [0.4, 0.5) is 5.13 Å². The lowest BCUT2D eigenvalue weighted by Crippen LogP contribution is -2.29. The van der Waals surface area contributed by atoms with E-state index < -0.39 is 0 Å². The Balaban J connectivity index is 2.53. The maximum absolute atomic E-state index is 5.48. The Hall–Kier alpha value is -0.680. The van der Waals surface area contributed by atoms with Gasteiger partial charge in [-0.3, -0.25) is 0 Å². The van der Waals surface area contributed by atoms with E-state index in [1.54, 1.807) is 16.8 Å². The first-order valence-corrected chi connectivity index (χ1v) is 4.97. The van der Waals surface area contributed by atoms with Gasteiger partial charge in [0.05, 0.1) is 0 Å². The van der Waals surface area contributed by atoms with Crippen molar-refractivity contribution in [3.63, 3.8) is 0 Å². The summed E-state index contributed by atoms with van der Waals surface area (Å²) >= 11 is 1.56. The molecule has 0 atom stereocenters. The molecule has 2 N–H and O–H groups in total. The molecule has 0 unspecified atom stereocenters. The molecule has 0 bridgehead atoms. The molecule has 12 heavy (non-hydrogen) atoms. The Morgan fingerprint density at radius 3 is 2.92 bits per heavy atom. The van der Waals surface area contributed by atoms with E-state index in [9.17, 15) is 0 Å². The first-order valence-electron chi connectivity index (χ1n) is 4.09. The molecule has 0 fully saturated rings. The second-order valence-electron chi connectivity index (χ2n) is 2.50. The van der Waals surface area contributed by atoms with Crippen molar-refractivity contribution in [1.29, 1.82) is 0 Å². The van der Waals surface area contributed by atoms with Crippen molar-refractivity contribution in [3.05, 3.63) is 5.51 Å². The highest BCUT2D eigenvalue weighted by Crippen LogP contribution is 2.14. The first-order chi connectivity index (χ1) is 5.88. The van der Waals surface area contributed by atoms with Crippen molar-refractivity contribution in [2.24, 2.45) is 5.73 Å². The van der Waals surface area contributed by atoms with Gasteiger partial charge >= 0.3 is 0 Å². The van der Waals surface area contributed by atoms with Crippen LogP contribution in [0.15, 0.2) is 5.51 Å². The predicted octanol–water partition coefficient (Wildman–Crippen LogP) is 0.713. The van der Waals surface area contributed by atoms with Crippen LogP contribution < -0.4 is 10.6 Å². The van der Waals surface area contributed by atoms with Crippen LogP contribution in [-0.4, -0.2) is 29.8 Å². The zero-order valence-electron chi connectivity index (χ0n) is 7.23. The van der Waals surface area contributed by atoms with E-state index in [1.165, 1.54) is 0 Å². The third-order valence-electron chi connectivity index (χ3n) is 1.51. The average molecular weight is 186 g/mol. The molecule has 0 radical (unpaired) electrons. The molecular weight excluding hydrogens is 172 g/mol. The highest BCUT2D eigenvalue weighted by Gasteiger charge is 2.06. The van der Waals surface area contributed by atoms with Gasteiger partial charge in [-0.2, -0.15) is 0 Å². The average Bonchev–Trinajstić information content (AvgIpc) is 2.56. The van der Waals surface area contributed by atoms with Crippen LogP contribution in [0, 0.1) is 0 Å². The molecule has 1 aromatic heterocycles. The third kappa shape index (κ3) is 2.42. The molecule has 0 spiro atoms. The quantitative estimate of drug-likeness (QED) is 0.736. The van der Waals surface area contributed by atoms with Gasteiger partial charge in [0, 0.05) is 19.6 Å². The van der Waals surface area contributed by atoms with Gasteiger partial charge < -0.3 is 10.6 Å². The fourth-order valence-corrected chi connectivity index (χ4v) is 1.65. The van der Waals surface area contributed by atoms with Crippen LogP contribution in [0.1, 0.15) is 13.3 Å². The number of hydrogen-bond donors (Lipinski definition) is 1. The minimum absolute atomic E-state index is 0.666. The summed E-state index contributed by atoms with van der Waals surface area (Å²) < 4.78 is 0. The van der Waals surface area contributed by atoms with E-state index in [-0.39, 0.29) is 0 Å². The molecule has 0 saturated heterocycles. The smallest absolute Gasteiger partial charge is 0.208 e. The second kappa shape index (κ2) is 5.05. The lowest BCUT2D eigenvalue weighted by Gasteiger charge is -2.18. The van der Waals surface area contributed by atoms with Crippen molar-refractivity contribution in [1.82, 2.24) is 10.2 Å². The van der Waals surface area contributed by atoms with Crippen molar-refractivity contribution < 1.29 is 0 Å². The molecule has 0 aliphatic heterocycles. The van der Waals surface area contributed by atoms with E-state index >= 15 is 0 Å². The number of aromatic nitrogens is 2. The van der Waals surface area contributed by atoms with Crippen LogP contribution in [0.25, 0.3) is 0 Å². The minimum atomic E-state index is 0.666. The highest BCUT2D eigenvalue weighted by atomic mass is 32.1. The lowest BCUT2D eigenvalue weighted by atomic mass is 10.4. The van der Waals surface area contributed by atoms with E-state index in [0.717, 1.165) is 24.6 Å². The van der Waals surface area contributed by atoms with Crippen molar-refractivity contribution in [2.45, 2.75) is 13.3 Å². The van der Waals surface area contributed by atoms with Crippen LogP contribution in [-0.2, 0) is 0 Å². The molecule has 0 aliphatic carbocycles. The lowest BCUT2D eigenvalue weighted by molar-refractivity contribution is 0.753. The van der Waals surface area contributed by atoms with Gasteiger partial charge in [-0.15, -0.1) is 10.2 Å². The molecule has 0 aliphatic rings. The maximum Gasteiger partial charge on any atom is 0.208 e. The summed E-state index contributed by atoms with van der Waals surface area (Å²) in [5.41, 5.74) is 7.23. The van der Waals surface area contributed by atoms with Gasteiger partial charge in [-0.1, -0.05) is 18.3 Å². The van der Waals surface area contributed by atoms with Crippen LogP contribution >= 0.6 is 11.3 Å². The monoisotopic (exact) mass is 186 g/mol. The Kier molecular flexibility index (Phi) is 3.96. The molecule has 68 valence electrons. The van der Waals surface area contributed by atoms with Crippen LogP contribution in [0.3, 0.4) is 0 Å². The SMILES string of the molecule is CCCN(CCN)c1nncs1. The largest absolute Gasteiger partial charge is 0.345 e. The predicted molar refractivity (Wildman–Crippen MR) is 51.5 cm³/mol. The number of anilines is 1. The number of hydrogen-bond acceptors (Lipinski definition) is 5. The summed E-state index contributed by atoms with van der Waals surface area (Å²) in [5.74, 6) is 0. The molecule has 1 heterocycles. The van der Waals surface area contributed by atoms with Crippen molar-refractivity contribution in [2.75, 3.05) is 24.5 Å². The van der Waals surface area contributed by atoms with Gasteiger partial charge in [-0.05, 0) is 6.42 Å². The zero-order chi connectivity index (χ0) is 8.81. The van der Waals surface area contributed by atoms with Crippen molar-refractivity contribution >= 4 is 16.5 Å². The third-order valence-corrected chi connectivity index (χ3v) is 2.26. The molecule has 0 aromatic carbocycles. The van der Waals surface area contributed by atoms with Gasteiger partial charge in [0.1, 0.15) is 5.51 Å².